The molecule has 0 aliphatic heterocycles. The van der Waals surface area contributed by atoms with Gasteiger partial charge in [0.1, 0.15) is 17.3 Å². The van der Waals surface area contributed by atoms with E-state index in [4.69, 9.17) is 0 Å². The lowest BCUT2D eigenvalue weighted by atomic mass is 10.2. The number of para-hydroxylation sites is 1. The standard InChI is InChI=1S/C23H17F2N5O3/c24-16-7-5-6-15(12-16)14-29-22(32)20(21(31)27-13-17-8-3-4-11-26-17)28-30(23(29)33)19-10-2-1-9-18(19)25/h1-12H,13-14H2,(H,27,31). The lowest BCUT2D eigenvalue weighted by Crippen LogP contribution is -2.46. The van der Waals surface area contributed by atoms with Gasteiger partial charge in [-0.25, -0.2) is 13.6 Å². The van der Waals surface area contributed by atoms with Crippen molar-refractivity contribution in [2.24, 2.45) is 0 Å². The van der Waals surface area contributed by atoms with E-state index in [1.165, 1.54) is 36.4 Å². The minimum absolute atomic E-state index is 0.00349. The second-order valence-corrected chi connectivity index (χ2v) is 7.02. The Labute approximate surface area is 185 Å². The van der Waals surface area contributed by atoms with Crippen LogP contribution in [-0.4, -0.2) is 25.2 Å². The quantitative estimate of drug-likeness (QED) is 0.486. The van der Waals surface area contributed by atoms with Crippen LogP contribution in [0.4, 0.5) is 8.78 Å². The number of nitrogens with zero attached hydrogens (tertiary/aromatic N) is 4. The molecule has 0 unspecified atom stereocenters. The summed E-state index contributed by atoms with van der Waals surface area (Å²) in [7, 11) is 0. The molecule has 0 spiro atoms. The molecule has 166 valence electrons. The number of hydrogen-bond donors (Lipinski definition) is 1. The van der Waals surface area contributed by atoms with Gasteiger partial charge in [0, 0.05) is 6.20 Å². The largest absolute Gasteiger partial charge is 0.352 e. The van der Waals surface area contributed by atoms with Crippen molar-refractivity contribution >= 4 is 5.91 Å². The molecule has 33 heavy (non-hydrogen) atoms. The van der Waals surface area contributed by atoms with E-state index in [0.29, 0.717) is 20.5 Å². The van der Waals surface area contributed by atoms with E-state index in [1.807, 2.05) is 0 Å². The molecule has 2 aromatic heterocycles. The van der Waals surface area contributed by atoms with Crippen LogP contribution in [0, 0.1) is 11.6 Å². The second kappa shape index (κ2) is 9.35. The third kappa shape index (κ3) is 4.74. The molecular weight excluding hydrogens is 432 g/mol. The molecule has 1 N–H and O–H groups in total. The molecule has 4 aromatic rings. The predicted molar refractivity (Wildman–Crippen MR) is 115 cm³/mol. The van der Waals surface area contributed by atoms with Gasteiger partial charge in [0.25, 0.3) is 11.5 Å². The number of pyridine rings is 1. The molecule has 2 aromatic carbocycles. The monoisotopic (exact) mass is 449 g/mol. The molecule has 0 fully saturated rings. The van der Waals surface area contributed by atoms with Crippen LogP contribution in [0.3, 0.4) is 0 Å². The zero-order valence-electron chi connectivity index (χ0n) is 17.1. The molecule has 0 aliphatic carbocycles. The summed E-state index contributed by atoms with van der Waals surface area (Å²) in [6, 6.07) is 15.7. The first-order valence-electron chi connectivity index (χ1n) is 9.85. The maximum Gasteiger partial charge on any atom is 0.352 e. The highest BCUT2D eigenvalue weighted by Gasteiger charge is 2.21. The summed E-state index contributed by atoms with van der Waals surface area (Å²) in [6.45, 7) is -0.337. The molecule has 0 bridgehead atoms. The molecule has 2 heterocycles. The second-order valence-electron chi connectivity index (χ2n) is 7.02. The van der Waals surface area contributed by atoms with Gasteiger partial charge in [0.05, 0.1) is 18.8 Å². The third-order valence-electron chi connectivity index (χ3n) is 4.74. The summed E-state index contributed by atoms with van der Waals surface area (Å²) < 4.78 is 29.4. The van der Waals surface area contributed by atoms with Crippen molar-refractivity contribution in [1.82, 2.24) is 24.6 Å². The Bertz CT molecular complexity index is 1430. The van der Waals surface area contributed by atoms with Crippen LogP contribution in [0.2, 0.25) is 0 Å². The molecule has 0 saturated carbocycles. The molecule has 4 rings (SSSR count). The highest BCUT2D eigenvalue weighted by Crippen LogP contribution is 2.10. The summed E-state index contributed by atoms with van der Waals surface area (Å²) >= 11 is 0. The molecule has 0 saturated heterocycles. The van der Waals surface area contributed by atoms with Crippen molar-refractivity contribution < 1.29 is 13.6 Å². The van der Waals surface area contributed by atoms with Crippen molar-refractivity contribution in [1.29, 1.82) is 0 Å². The van der Waals surface area contributed by atoms with Gasteiger partial charge >= 0.3 is 5.69 Å². The number of amides is 1. The summed E-state index contributed by atoms with van der Waals surface area (Å²) in [5.41, 5.74) is -1.99. The summed E-state index contributed by atoms with van der Waals surface area (Å²) in [6.07, 6.45) is 1.55. The van der Waals surface area contributed by atoms with E-state index in [0.717, 1.165) is 12.1 Å². The number of carbonyl (C=O) groups is 1. The minimum Gasteiger partial charge on any atom is -0.345 e. The van der Waals surface area contributed by atoms with Crippen molar-refractivity contribution in [3.63, 3.8) is 0 Å². The van der Waals surface area contributed by atoms with Gasteiger partial charge in [-0.05, 0) is 42.0 Å². The summed E-state index contributed by atoms with van der Waals surface area (Å²) in [5.74, 6) is -2.20. The molecule has 10 heteroatoms. The molecule has 0 aliphatic rings. The molecule has 1 amide bonds. The maximum absolute atomic E-state index is 14.4. The Morgan fingerprint density at radius 3 is 2.48 bits per heavy atom. The molecule has 8 nitrogen and oxygen atoms in total. The van der Waals surface area contributed by atoms with Crippen LogP contribution in [0.1, 0.15) is 21.7 Å². The summed E-state index contributed by atoms with van der Waals surface area (Å²) in [5, 5.41) is 6.38. The van der Waals surface area contributed by atoms with Crippen LogP contribution >= 0.6 is 0 Å². The van der Waals surface area contributed by atoms with Gasteiger partial charge in [-0.2, -0.15) is 9.78 Å². The van der Waals surface area contributed by atoms with Gasteiger partial charge in [0.2, 0.25) is 5.69 Å². The highest BCUT2D eigenvalue weighted by atomic mass is 19.1. The number of rotatable bonds is 6. The fraction of sp³-hybridized carbons (Fsp3) is 0.0870. The summed E-state index contributed by atoms with van der Waals surface area (Å²) in [4.78, 5) is 42.9. The topological polar surface area (TPSA) is 98.9 Å². The van der Waals surface area contributed by atoms with Crippen LogP contribution in [0.15, 0.2) is 82.5 Å². The Hall–Kier alpha value is -4.47. The van der Waals surface area contributed by atoms with Crippen molar-refractivity contribution in [3.05, 3.63) is 122 Å². The van der Waals surface area contributed by atoms with E-state index in [9.17, 15) is 23.2 Å². The Balaban J connectivity index is 1.81. The number of nitrogens with one attached hydrogen (secondary N) is 1. The Morgan fingerprint density at radius 1 is 0.970 bits per heavy atom. The maximum atomic E-state index is 14.4. The van der Waals surface area contributed by atoms with Gasteiger partial charge in [-0.15, -0.1) is 0 Å². The van der Waals surface area contributed by atoms with Gasteiger partial charge in [-0.3, -0.25) is 19.1 Å². The van der Waals surface area contributed by atoms with Crippen LogP contribution in [0.25, 0.3) is 5.69 Å². The smallest absolute Gasteiger partial charge is 0.345 e. The zero-order valence-corrected chi connectivity index (χ0v) is 17.1. The SMILES string of the molecule is O=C(NCc1ccccn1)c1nn(-c2ccccc2F)c(=O)n(Cc2cccc(F)c2)c1=O. The first-order chi connectivity index (χ1) is 15.9. The lowest BCUT2D eigenvalue weighted by Gasteiger charge is -2.13. The zero-order chi connectivity index (χ0) is 23.4. The Kier molecular flexibility index (Phi) is 6.16. The van der Waals surface area contributed by atoms with Gasteiger partial charge in [0.15, 0.2) is 0 Å². The number of carbonyl (C=O) groups excluding carboxylic acids is 1. The van der Waals surface area contributed by atoms with E-state index in [-0.39, 0.29) is 18.8 Å². The number of hydrogen-bond acceptors (Lipinski definition) is 5. The number of benzene rings is 2. The molecule has 0 atom stereocenters. The first kappa shape index (κ1) is 21.8. The van der Waals surface area contributed by atoms with E-state index < -0.39 is 34.5 Å². The van der Waals surface area contributed by atoms with Gasteiger partial charge < -0.3 is 5.32 Å². The fourth-order valence-corrected chi connectivity index (χ4v) is 3.15. The van der Waals surface area contributed by atoms with Crippen LogP contribution in [0.5, 0.6) is 0 Å². The van der Waals surface area contributed by atoms with Crippen molar-refractivity contribution in [3.8, 4) is 5.69 Å². The first-order valence-corrected chi connectivity index (χ1v) is 9.85. The Morgan fingerprint density at radius 2 is 1.76 bits per heavy atom. The van der Waals surface area contributed by atoms with Crippen molar-refractivity contribution in [2.75, 3.05) is 0 Å². The number of aromatic nitrogens is 4. The number of halogens is 2. The fourth-order valence-electron chi connectivity index (χ4n) is 3.15. The third-order valence-corrected chi connectivity index (χ3v) is 4.74. The lowest BCUT2D eigenvalue weighted by molar-refractivity contribution is 0.0940. The minimum atomic E-state index is -0.990. The predicted octanol–water partition coefficient (Wildman–Crippen LogP) is 2.05. The molecular formula is C23H17F2N5O3. The average molecular weight is 449 g/mol. The highest BCUT2D eigenvalue weighted by molar-refractivity contribution is 5.91. The van der Waals surface area contributed by atoms with E-state index in [1.54, 1.807) is 24.4 Å². The van der Waals surface area contributed by atoms with E-state index >= 15 is 0 Å². The molecule has 0 radical (unpaired) electrons. The normalized spacial score (nSPS) is 10.7. The van der Waals surface area contributed by atoms with Crippen molar-refractivity contribution in [2.45, 2.75) is 13.1 Å². The van der Waals surface area contributed by atoms with E-state index in [2.05, 4.69) is 15.4 Å². The van der Waals surface area contributed by atoms with Gasteiger partial charge in [-0.1, -0.05) is 30.3 Å². The van der Waals surface area contributed by atoms with Crippen LogP contribution < -0.4 is 16.6 Å². The average Bonchev–Trinajstić information content (AvgIpc) is 2.82. The van der Waals surface area contributed by atoms with Crippen LogP contribution in [-0.2, 0) is 13.1 Å².